The number of hydrogen-bond donors (Lipinski definition) is 1. The summed E-state index contributed by atoms with van der Waals surface area (Å²) in [5.41, 5.74) is 1.32. The van der Waals surface area contributed by atoms with Gasteiger partial charge in [0.2, 0.25) is 5.91 Å². The zero-order valence-electron chi connectivity index (χ0n) is 14.8. The molecule has 1 amide bonds. The Hall–Kier alpha value is -1.76. The van der Waals surface area contributed by atoms with Crippen molar-refractivity contribution in [3.05, 3.63) is 69.6 Å². The van der Waals surface area contributed by atoms with Crippen molar-refractivity contribution in [1.82, 2.24) is 0 Å². The number of anilines is 1. The molecule has 1 N–H and O–H groups in total. The van der Waals surface area contributed by atoms with Crippen LogP contribution in [0, 0.1) is 11.8 Å². The minimum atomic E-state index is -4.55. The van der Waals surface area contributed by atoms with Gasteiger partial charge in [0.15, 0.2) is 0 Å². The van der Waals surface area contributed by atoms with Gasteiger partial charge in [0.1, 0.15) is 0 Å². The molecular weight excluding hydrogens is 414 g/mol. The van der Waals surface area contributed by atoms with Crippen molar-refractivity contribution in [1.29, 1.82) is 0 Å². The molecular formula is C20H17Cl2F3NO2. The van der Waals surface area contributed by atoms with E-state index >= 15 is 0 Å². The van der Waals surface area contributed by atoms with Crippen LogP contribution in [0.25, 0.3) is 0 Å². The Morgan fingerprint density at radius 2 is 1.75 bits per heavy atom. The first-order valence-electron chi connectivity index (χ1n) is 8.52. The summed E-state index contributed by atoms with van der Waals surface area (Å²) in [5, 5.41) is 3.18. The quantitative estimate of drug-likeness (QED) is 0.644. The molecule has 28 heavy (non-hydrogen) atoms. The number of rotatable bonds is 5. The topological polar surface area (TPSA) is 38.3 Å². The minimum absolute atomic E-state index is 0.223. The minimum Gasteiger partial charge on any atom is -0.379 e. The third kappa shape index (κ3) is 4.62. The Balaban J connectivity index is 1.90. The van der Waals surface area contributed by atoms with Crippen LogP contribution in [0.5, 0.6) is 0 Å². The van der Waals surface area contributed by atoms with Crippen LogP contribution in [0.15, 0.2) is 42.5 Å². The molecule has 1 aliphatic rings. The second-order valence-corrected chi connectivity index (χ2v) is 7.48. The van der Waals surface area contributed by atoms with Crippen molar-refractivity contribution >= 4 is 34.8 Å². The van der Waals surface area contributed by atoms with E-state index in [1.165, 1.54) is 24.3 Å². The molecule has 2 aromatic rings. The third-order valence-electron chi connectivity index (χ3n) is 4.71. The molecule has 149 valence electrons. The van der Waals surface area contributed by atoms with E-state index in [0.717, 1.165) is 18.4 Å². The first kappa shape index (κ1) is 21.0. The number of alkyl halides is 3. The lowest BCUT2D eigenvalue weighted by Crippen LogP contribution is -2.34. The van der Waals surface area contributed by atoms with Crippen LogP contribution in [0.3, 0.4) is 0 Å². The van der Waals surface area contributed by atoms with Gasteiger partial charge in [-0.2, -0.15) is 13.2 Å². The number of amides is 1. The maximum absolute atomic E-state index is 13.4. The summed E-state index contributed by atoms with van der Waals surface area (Å²) < 4.78 is 45.4. The van der Waals surface area contributed by atoms with Crippen LogP contribution >= 0.6 is 23.2 Å². The largest absolute Gasteiger partial charge is 0.392 e. The van der Waals surface area contributed by atoms with E-state index in [2.05, 4.69) is 5.32 Å². The number of ether oxygens (including phenoxy) is 1. The van der Waals surface area contributed by atoms with Crippen LogP contribution in [0.1, 0.15) is 24.0 Å². The number of nitrogens with one attached hydrogen (secondary N) is 1. The highest BCUT2D eigenvalue weighted by atomic mass is 35.5. The predicted molar refractivity (Wildman–Crippen MR) is 103 cm³/mol. The van der Waals surface area contributed by atoms with E-state index in [-0.39, 0.29) is 16.3 Å². The molecule has 1 aliphatic heterocycles. The fraction of sp³-hybridized carbons (Fsp3) is 0.300. The molecule has 8 heteroatoms. The van der Waals surface area contributed by atoms with Crippen LogP contribution in [0.4, 0.5) is 18.9 Å². The summed E-state index contributed by atoms with van der Waals surface area (Å²) >= 11 is 12.0. The second-order valence-electron chi connectivity index (χ2n) is 6.64. The Labute approximate surface area is 170 Å². The standard InChI is InChI=1S/C20H17Cl2F3NO2/c1-11(20(23,24)25)18(12-2-5-15(21)6-3-12)19(27)26-17-8-13(4-7-16(17)22)14-9-28-10-14/h2-8,11,18H,9-10H2,1H3,(H,26,27)/t11-,18+/m1/s1. The summed E-state index contributed by atoms with van der Waals surface area (Å²) in [7, 11) is 0. The number of carbonyl (C=O) groups is 1. The summed E-state index contributed by atoms with van der Waals surface area (Å²) in [5.74, 6) is -3.10. The van der Waals surface area contributed by atoms with Gasteiger partial charge in [0, 0.05) is 5.02 Å². The zero-order chi connectivity index (χ0) is 20.5. The highest BCUT2D eigenvalue weighted by Gasteiger charge is 2.45. The number of benzene rings is 2. The lowest BCUT2D eigenvalue weighted by Gasteiger charge is -2.27. The molecule has 0 aliphatic carbocycles. The van der Waals surface area contributed by atoms with Crippen LogP contribution in [-0.4, -0.2) is 25.3 Å². The third-order valence-corrected chi connectivity index (χ3v) is 5.29. The van der Waals surface area contributed by atoms with Gasteiger partial charge < -0.3 is 10.1 Å². The van der Waals surface area contributed by atoms with Gasteiger partial charge in [-0.3, -0.25) is 4.79 Å². The van der Waals surface area contributed by atoms with Crippen LogP contribution in [-0.2, 0) is 9.53 Å². The molecule has 0 unspecified atom stereocenters. The molecule has 3 nitrogen and oxygen atoms in total. The average molecular weight is 431 g/mol. The first-order chi connectivity index (χ1) is 13.2. The monoisotopic (exact) mass is 430 g/mol. The Bertz CT molecular complexity index is 852. The second kappa shape index (κ2) is 8.31. The van der Waals surface area contributed by atoms with E-state index in [1.807, 2.05) is 0 Å². The van der Waals surface area contributed by atoms with Crippen molar-refractivity contribution < 1.29 is 22.7 Å². The molecule has 2 atom stereocenters. The zero-order valence-corrected chi connectivity index (χ0v) is 16.3. The molecule has 0 saturated carbocycles. The average Bonchev–Trinajstić information content (AvgIpc) is 2.57. The van der Waals surface area contributed by atoms with Crippen molar-refractivity contribution in [2.45, 2.75) is 19.0 Å². The van der Waals surface area contributed by atoms with E-state index < -0.39 is 23.9 Å². The highest BCUT2D eigenvalue weighted by Crippen LogP contribution is 2.39. The fourth-order valence-corrected chi connectivity index (χ4v) is 3.24. The molecule has 0 aromatic heterocycles. The molecule has 1 saturated heterocycles. The maximum atomic E-state index is 13.4. The first-order valence-corrected chi connectivity index (χ1v) is 9.28. The summed E-state index contributed by atoms with van der Waals surface area (Å²) in [4.78, 5) is 12.9. The van der Waals surface area contributed by atoms with Gasteiger partial charge in [0.25, 0.3) is 0 Å². The van der Waals surface area contributed by atoms with E-state index in [9.17, 15) is 18.0 Å². The molecule has 0 bridgehead atoms. The Morgan fingerprint density at radius 3 is 2.29 bits per heavy atom. The van der Waals surface area contributed by atoms with Gasteiger partial charge in [-0.05, 0) is 35.4 Å². The number of halogens is 5. The van der Waals surface area contributed by atoms with E-state index in [0.29, 0.717) is 18.2 Å². The lowest BCUT2D eigenvalue weighted by molar-refractivity contribution is -0.178. The predicted octanol–water partition coefficient (Wildman–Crippen LogP) is 5.87. The number of hydrogen-bond acceptors (Lipinski definition) is 2. The maximum Gasteiger partial charge on any atom is 0.392 e. The molecule has 0 spiro atoms. The highest BCUT2D eigenvalue weighted by molar-refractivity contribution is 6.33. The van der Waals surface area contributed by atoms with Gasteiger partial charge in [-0.1, -0.05) is 48.3 Å². The molecule has 1 radical (unpaired) electrons. The Kier molecular flexibility index (Phi) is 6.22. The summed E-state index contributed by atoms with van der Waals surface area (Å²) in [6.45, 7) is 1.94. The van der Waals surface area contributed by atoms with Crippen molar-refractivity contribution in [2.24, 2.45) is 5.92 Å². The summed E-state index contributed by atoms with van der Waals surface area (Å²) in [6, 6.07) is 10.8. The molecule has 2 aromatic carbocycles. The molecule has 1 fully saturated rings. The van der Waals surface area contributed by atoms with Crippen molar-refractivity contribution in [2.75, 3.05) is 18.5 Å². The normalized spacial score (nSPS) is 16.9. The van der Waals surface area contributed by atoms with Gasteiger partial charge in [0.05, 0.1) is 41.7 Å². The lowest BCUT2D eigenvalue weighted by atomic mass is 9.85. The fourth-order valence-electron chi connectivity index (χ4n) is 2.95. The number of carbonyl (C=O) groups excluding carboxylic acids is 1. The van der Waals surface area contributed by atoms with E-state index in [1.54, 1.807) is 18.2 Å². The van der Waals surface area contributed by atoms with Gasteiger partial charge in [-0.15, -0.1) is 0 Å². The van der Waals surface area contributed by atoms with Crippen molar-refractivity contribution in [3.8, 4) is 0 Å². The SMILES string of the molecule is C[C@H]([C@H](C(=O)Nc1cc([C]2COC2)ccc1Cl)c1ccc(Cl)cc1)C(F)(F)F. The van der Waals surface area contributed by atoms with Crippen LogP contribution in [0.2, 0.25) is 10.0 Å². The smallest absolute Gasteiger partial charge is 0.379 e. The van der Waals surface area contributed by atoms with Gasteiger partial charge >= 0.3 is 6.18 Å². The van der Waals surface area contributed by atoms with Gasteiger partial charge in [-0.25, -0.2) is 0 Å². The molecule has 3 rings (SSSR count). The Morgan fingerprint density at radius 1 is 1.11 bits per heavy atom. The van der Waals surface area contributed by atoms with Crippen LogP contribution < -0.4 is 5.32 Å². The molecule has 1 heterocycles. The summed E-state index contributed by atoms with van der Waals surface area (Å²) in [6.07, 6.45) is -4.55. The van der Waals surface area contributed by atoms with E-state index in [4.69, 9.17) is 27.9 Å². The van der Waals surface area contributed by atoms with Crippen molar-refractivity contribution in [3.63, 3.8) is 0 Å².